The molecule has 0 saturated heterocycles. The minimum atomic E-state index is 0.553. The van der Waals surface area contributed by atoms with E-state index in [9.17, 15) is 4.79 Å². The van der Waals surface area contributed by atoms with Gasteiger partial charge in [0.1, 0.15) is 5.94 Å². The molecule has 0 spiro atoms. The lowest BCUT2D eigenvalue weighted by Crippen LogP contribution is -2.02. The summed E-state index contributed by atoms with van der Waals surface area (Å²) in [6.45, 7) is 6.28. The van der Waals surface area contributed by atoms with E-state index < -0.39 is 0 Å². The quantitative estimate of drug-likeness (QED) is 0.303. The maximum absolute atomic E-state index is 10.9. The van der Waals surface area contributed by atoms with Gasteiger partial charge in [-0.05, 0) is 67.9 Å². The van der Waals surface area contributed by atoms with Crippen LogP contribution < -0.4 is 0 Å². The molecule has 0 N–H and O–H groups in total. The molecule has 0 aromatic heterocycles. The molecule has 2 atom stereocenters. The summed E-state index contributed by atoms with van der Waals surface area (Å²) in [7, 11) is 0. The van der Waals surface area contributed by atoms with Crippen LogP contribution in [0.2, 0.25) is 0 Å². The molecule has 1 heteroatoms. The summed E-state index contributed by atoms with van der Waals surface area (Å²) < 4.78 is 0. The second-order valence-corrected chi connectivity index (χ2v) is 7.71. The molecule has 0 aromatic rings. The van der Waals surface area contributed by atoms with Crippen molar-refractivity contribution >= 4 is 5.94 Å². The summed E-state index contributed by atoms with van der Waals surface area (Å²) in [5.41, 5.74) is 4.00. The summed E-state index contributed by atoms with van der Waals surface area (Å²) in [5, 5.41) is 0. The second-order valence-electron chi connectivity index (χ2n) is 7.71. The molecule has 132 valence electrons. The molecule has 0 bridgehead atoms. The highest BCUT2D eigenvalue weighted by Gasteiger charge is 2.22. The Morgan fingerprint density at radius 1 is 1.29 bits per heavy atom. The number of hydrogen-bond donors (Lipinski definition) is 0. The fraction of sp³-hybridized carbons (Fsp3) is 0.652. The van der Waals surface area contributed by atoms with Crippen LogP contribution in [0.1, 0.15) is 84.0 Å². The Balaban J connectivity index is 1.50. The van der Waals surface area contributed by atoms with E-state index in [1.54, 1.807) is 0 Å². The van der Waals surface area contributed by atoms with E-state index in [1.807, 2.05) is 6.08 Å². The molecule has 2 aliphatic carbocycles. The second kappa shape index (κ2) is 10.5. The molecular formula is C23H34O. The predicted molar refractivity (Wildman–Crippen MR) is 104 cm³/mol. The van der Waals surface area contributed by atoms with Gasteiger partial charge in [-0.15, -0.1) is 0 Å². The van der Waals surface area contributed by atoms with Crippen LogP contribution in [0.25, 0.3) is 0 Å². The zero-order chi connectivity index (χ0) is 17.2. The minimum Gasteiger partial charge on any atom is -0.234 e. The van der Waals surface area contributed by atoms with Crippen molar-refractivity contribution < 1.29 is 4.79 Å². The SMILES string of the molecule is C=CC1=C(CCCCCC[C@H](C)CC[C@@H]2CCCC2=C=O)C=CC1. The van der Waals surface area contributed by atoms with Crippen LogP contribution in [0.4, 0.5) is 0 Å². The molecule has 0 aromatic carbocycles. The normalized spacial score (nSPS) is 21.4. The third-order valence-electron chi connectivity index (χ3n) is 5.84. The predicted octanol–water partition coefficient (Wildman–Crippen LogP) is 6.74. The fourth-order valence-electron chi connectivity index (χ4n) is 4.19. The van der Waals surface area contributed by atoms with Gasteiger partial charge in [-0.1, -0.05) is 63.8 Å². The van der Waals surface area contributed by atoms with Crippen molar-refractivity contribution in [1.29, 1.82) is 0 Å². The van der Waals surface area contributed by atoms with Crippen LogP contribution in [-0.2, 0) is 4.79 Å². The van der Waals surface area contributed by atoms with Crippen LogP contribution in [0.5, 0.6) is 0 Å². The topological polar surface area (TPSA) is 17.1 Å². The summed E-state index contributed by atoms with van der Waals surface area (Å²) in [4.78, 5) is 10.9. The highest BCUT2D eigenvalue weighted by Crippen LogP contribution is 2.34. The van der Waals surface area contributed by atoms with Crippen molar-refractivity contribution in [2.24, 2.45) is 11.8 Å². The van der Waals surface area contributed by atoms with Crippen LogP contribution in [0.15, 0.2) is 41.5 Å². The molecule has 0 aliphatic heterocycles. The number of rotatable bonds is 11. The van der Waals surface area contributed by atoms with Gasteiger partial charge in [-0.3, -0.25) is 0 Å². The van der Waals surface area contributed by atoms with E-state index in [4.69, 9.17) is 0 Å². The highest BCUT2D eigenvalue weighted by molar-refractivity contribution is 5.54. The van der Waals surface area contributed by atoms with E-state index in [-0.39, 0.29) is 0 Å². The molecule has 1 saturated carbocycles. The lowest BCUT2D eigenvalue weighted by molar-refractivity contribution is 0.410. The van der Waals surface area contributed by atoms with Gasteiger partial charge in [0.15, 0.2) is 0 Å². The Hall–Kier alpha value is -1.33. The molecule has 1 nitrogen and oxygen atoms in total. The monoisotopic (exact) mass is 326 g/mol. The molecule has 2 aliphatic rings. The zero-order valence-electron chi connectivity index (χ0n) is 15.5. The molecule has 0 radical (unpaired) electrons. The third kappa shape index (κ3) is 5.95. The average Bonchev–Trinajstić information content (AvgIpc) is 3.24. The maximum Gasteiger partial charge on any atom is 0.123 e. The Morgan fingerprint density at radius 2 is 2.12 bits per heavy atom. The first kappa shape index (κ1) is 19.0. The van der Waals surface area contributed by atoms with Gasteiger partial charge in [0.05, 0.1) is 0 Å². The fourth-order valence-corrected chi connectivity index (χ4v) is 4.19. The maximum atomic E-state index is 10.9. The van der Waals surface area contributed by atoms with Gasteiger partial charge in [0, 0.05) is 5.57 Å². The van der Waals surface area contributed by atoms with Gasteiger partial charge in [-0.25, -0.2) is 4.79 Å². The number of hydrogen-bond acceptors (Lipinski definition) is 1. The molecule has 2 rings (SSSR count). The van der Waals surface area contributed by atoms with Gasteiger partial charge in [0.25, 0.3) is 0 Å². The van der Waals surface area contributed by atoms with Crippen molar-refractivity contribution in [2.75, 3.05) is 0 Å². The summed E-state index contributed by atoms with van der Waals surface area (Å²) >= 11 is 0. The molecule has 0 unspecified atom stereocenters. The first-order valence-corrected chi connectivity index (χ1v) is 9.99. The van der Waals surface area contributed by atoms with Gasteiger partial charge in [-0.2, -0.15) is 0 Å². The van der Waals surface area contributed by atoms with Crippen LogP contribution in [0, 0.1) is 11.8 Å². The number of unbranched alkanes of at least 4 members (excludes halogenated alkanes) is 3. The average molecular weight is 327 g/mol. The largest absolute Gasteiger partial charge is 0.234 e. The third-order valence-corrected chi connectivity index (χ3v) is 5.84. The first-order chi connectivity index (χ1) is 11.7. The summed E-state index contributed by atoms with van der Waals surface area (Å²) in [5.74, 6) is 3.54. The molecule has 0 heterocycles. The zero-order valence-corrected chi connectivity index (χ0v) is 15.5. The van der Waals surface area contributed by atoms with Gasteiger partial charge in [0.2, 0.25) is 0 Å². The molecule has 0 amide bonds. The van der Waals surface area contributed by atoms with Crippen LogP contribution in [-0.4, -0.2) is 5.94 Å². The van der Waals surface area contributed by atoms with E-state index in [0.29, 0.717) is 5.92 Å². The standard InChI is InChI=1S/C23H34O/c1-3-20-12-8-13-21(20)11-7-5-4-6-10-19(2)16-17-22-14-9-15-23(22)18-24/h3,8,13,19,22H,1,4-7,9-12,14-17H2,2H3/t19-,22-/m0/s1. The van der Waals surface area contributed by atoms with Crippen molar-refractivity contribution in [3.05, 3.63) is 41.5 Å². The molecule has 1 fully saturated rings. The Kier molecular flexibility index (Phi) is 8.33. The Labute approximate surface area is 148 Å². The van der Waals surface area contributed by atoms with Crippen LogP contribution >= 0.6 is 0 Å². The van der Waals surface area contributed by atoms with Crippen molar-refractivity contribution in [2.45, 2.75) is 84.0 Å². The first-order valence-electron chi connectivity index (χ1n) is 9.99. The Bertz CT molecular complexity index is 516. The van der Waals surface area contributed by atoms with E-state index in [1.165, 1.54) is 75.4 Å². The van der Waals surface area contributed by atoms with Gasteiger partial charge < -0.3 is 0 Å². The number of carbonyl (C=O) groups excluding carboxylic acids is 1. The van der Waals surface area contributed by atoms with E-state index in [0.717, 1.165) is 24.3 Å². The summed E-state index contributed by atoms with van der Waals surface area (Å²) in [6.07, 6.45) is 21.4. The highest BCUT2D eigenvalue weighted by atomic mass is 16.1. The van der Waals surface area contributed by atoms with Crippen molar-refractivity contribution in [3.8, 4) is 0 Å². The number of allylic oxidation sites excluding steroid dienone is 6. The summed E-state index contributed by atoms with van der Waals surface area (Å²) in [6, 6.07) is 0. The molecular weight excluding hydrogens is 292 g/mol. The Morgan fingerprint density at radius 3 is 2.92 bits per heavy atom. The van der Waals surface area contributed by atoms with E-state index in [2.05, 4.69) is 31.6 Å². The van der Waals surface area contributed by atoms with Crippen molar-refractivity contribution in [3.63, 3.8) is 0 Å². The lowest BCUT2D eigenvalue weighted by atomic mass is 9.90. The smallest absolute Gasteiger partial charge is 0.123 e. The van der Waals surface area contributed by atoms with Gasteiger partial charge >= 0.3 is 0 Å². The molecule has 24 heavy (non-hydrogen) atoms. The lowest BCUT2D eigenvalue weighted by Gasteiger charge is -2.14. The van der Waals surface area contributed by atoms with Crippen LogP contribution in [0.3, 0.4) is 0 Å². The minimum absolute atomic E-state index is 0.553. The van der Waals surface area contributed by atoms with Crippen molar-refractivity contribution in [1.82, 2.24) is 0 Å². The van der Waals surface area contributed by atoms with E-state index >= 15 is 0 Å².